The molecule has 11 heteroatoms. The first kappa shape index (κ1) is 25.4. The van der Waals surface area contributed by atoms with Crippen molar-refractivity contribution in [3.63, 3.8) is 0 Å². The van der Waals surface area contributed by atoms with Gasteiger partial charge in [-0.15, -0.1) is 0 Å². The van der Waals surface area contributed by atoms with Gasteiger partial charge in [-0.05, 0) is 29.3 Å². The van der Waals surface area contributed by atoms with Gasteiger partial charge in [-0.2, -0.15) is 9.80 Å². The molecule has 1 atom stereocenters. The Morgan fingerprint density at radius 2 is 1.53 bits per heavy atom. The van der Waals surface area contributed by atoms with Gasteiger partial charge in [0.05, 0.1) is 22.3 Å². The minimum Gasteiger partial charge on any atom is -0.444 e. The van der Waals surface area contributed by atoms with Crippen molar-refractivity contribution in [2.45, 2.75) is 25.6 Å². The van der Waals surface area contributed by atoms with Crippen LogP contribution in [0.5, 0.6) is 0 Å². The molecule has 1 fully saturated rings. The highest BCUT2D eigenvalue weighted by atomic mass is 35.5. The Balaban J connectivity index is 1.60. The van der Waals surface area contributed by atoms with Crippen molar-refractivity contribution in [2.24, 2.45) is 0 Å². The van der Waals surface area contributed by atoms with E-state index in [9.17, 15) is 24.0 Å². The second-order valence-corrected chi connectivity index (χ2v) is 9.50. The van der Waals surface area contributed by atoms with Crippen molar-refractivity contribution >= 4 is 58.7 Å². The average molecular weight is 552 g/mol. The molecular formula is C27H19Cl2N3O6. The summed E-state index contributed by atoms with van der Waals surface area (Å²) in [6.07, 6.45) is -1.24. The molecule has 2 aliphatic heterocycles. The number of rotatable bonds is 4. The van der Waals surface area contributed by atoms with Gasteiger partial charge in [0.1, 0.15) is 6.61 Å². The van der Waals surface area contributed by atoms with Gasteiger partial charge in [0.2, 0.25) is 11.4 Å². The Morgan fingerprint density at radius 3 is 2.21 bits per heavy atom. The lowest BCUT2D eigenvalue weighted by atomic mass is 9.89. The Hall–Kier alpha value is -4.21. The van der Waals surface area contributed by atoms with Gasteiger partial charge < -0.3 is 9.64 Å². The molecule has 0 aliphatic carbocycles. The monoisotopic (exact) mass is 551 g/mol. The maximum atomic E-state index is 14.2. The summed E-state index contributed by atoms with van der Waals surface area (Å²) in [5.41, 5.74) is -0.892. The van der Waals surface area contributed by atoms with Crippen molar-refractivity contribution in [3.05, 3.63) is 99.5 Å². The molecule has 38 heavy (non-hydrogen) atoms. The molecule has 0 N–H and O–H groups in total. The van der Waals surface area contributed by atoms with E-state index >= 15 is 0 Å². The molecule has 2 aliphatic rings. The largest absolute Gasteiger partial charge is 0.444 e. The zero-order chi connectivity index (χ0) is 27.2. The first-order chi connectivity index (χ1) is 18.2. The summed E-state index contributed by atoms with van der Waals surface area (Å²) in [6, 6.07) is 18.5. The van der Waals surface area contributed by atoms with Crippen molar-refractivity contribution in [1.29, 1.82) is 0 Å². The normalized spacial score (nSPS) is 18.4. The van der Waals surface area contributed by atoms with Crippen LogP contribution in [0.2, 0.25) is 10.0 Å². The number of hydrogen-bond donors (Lipinski definition) is 0. The number of fused-ring (bicyclic) bond motifs is 2. The highest BCUT2D eigenvalue weighted by Gasteiger charge is 2.71. The fraction of sp³-hybridized carbons (Fsp3) is 0.148. The highest BCUT2D eigenvalue weighted by Crippen LogP contribution is 2.49. The molecule has 0 aromatic heterocycles. The molecule has 0 bridgehead atoms. The topological polar surface area (TPSA) is 104 Å². The Kier molecular flexibility index (Phi) is 6.42. The van der Waals surface area contributed by atoms with E-state index < -0.39 is 35.4 Å². The first-order valence-corrected chi connectivity index (χ1v) is 12.2. The lowest BCUT2D eigenvalue weighted by Gasteiger charge is -2.28. The van der Waals surface area contributed by atoms with E-state index in [2.05, 4.69) is 0 Å². The van der Waals surface area contributed by atoms with Gasteiger partial charge in [0, 0.05) is 12.5 Å². The average Bonchev–Trinajstić information content (AvgIpc) is 3.28. The summed E-state index contributed by atoms with van der Waals surface area (Å²) in [4.78, 5) is 69.1. The molecule has 6 amide bonds. The standard InChI is InChI=1S/C27H19Cl2N3O6/c1-16(33)31-24(35)27(32(25(31)36)26(37)38-15-17-7-3-2-4-8-17)19-9-5-6-10-22(19)30(23(27)34)14-18-11-12-20(28)21(29)13-18/h2-13H,14-15H2,1H3. The van der Waals surface area contributed by atoms with Crippen molar-refractivity contribution in [2.75, 3.05) is 4.90 Å². The number of carbonyl (C=O) groups is 5. The molecule has 1 spiro atoms. The van der Waals surface area contributed by atoms with Crippen LogP contribution >= 0.6 is 23.2 Å². The summed E-state index contributed by atoms with van der Waals surface area (Å²) < 4.78 is 5.36. The number of benzene rings is 3. The molecule has 5 rings (SSSR count). The number of halogens is 2. The van der Waals surface area contributed by atoms with Crippen LogP contribution in [0.4, 0.5) is 15.3 Å². The van der Waals surface area contributed by atoms with Crippen molar-refractivity contribution in [1.82, 2.24) is 9.80 Å². The number of para-hydroxylation sites is 1. The van der Waals surface area contributed by atoms with E-state index in [1.807, 2.05) is 0 Å². The molecule has 2 heterocycles. The number of hydrogen-bond acceptors (Lipinski definition) is 6. The van der Waals surface area contributed by atoms with E-state index in [1.54, 1.807) is 66.7 Å². The van der Waals surface area contributed by atoms with Crippen molar-refractivity contribution < 1.29 is 28.7 Å². The highest BCUT2D eigenvalue weighted by molar-refractivity contribution is 6.42. The summed E-state index contributed by atoms with van der Waals surface area (Å²) in [5.74, 6) is -2.98. The predicted octanol–water partition coefficient (Wildman–Crippen LogP) is 4.88. The molecule has 0 saturated carbocycles. The number of carbonyl (C=O) groups excluding carboxylic acids is 5. The van der Waals surface area contributed by atoms with Crippen LogP contribution in [0.25, 0.3) is 0 Å². The molecule has 9 nitrogen and oxygen atoms in total. The zero-order valence-electron chi connectivity index (χ0n) is 19.9. The molecule has 1 unspecified atom stereocenters. The number of ether oxygens (including phenoxy) is 1. The van der Waals surface area contributed by atoms with E-state index in [1.165, 1.54) is 11.0 Å². The van der Waals surface area contributed by atoms with E-state index in [4.69, 9.17) is 27.9 Å². The quantitative estimate of drug-likeness (QED) is 0.338. The Bertz CT molecular complexity index is 1510. The van der Waals surface area contributed by atoms with Crippen molar-refractivity contribution in [3.8, 4) is 0 Å². The maximum Gasteiger partial charge on any atom is 0.420 e. The van der Waals surface area contributed by atoms with Gasteiger partial charge in [0.15, 0.2) is 0 Å². The van der Waals surface area contributed by atoms with Gasteiger partial charge in [-0.25, -0.2) is 9.59 Å². The number of imide groups is 4. The Morgan fingerprint density at radius 1 is 0.842 bits per heavy atom. The van der Waals surface area contributed by atoms with Gasteiger partial charge in [-0.1, -0.05) is 77.8 Å². The fourth-order valence-electron chi connectivity index (χ4n) is 4.70. The van der Waals surface area contributed by atoms with Gasteiger partial charge in [0.25, 0.3) is 11.8 Å². The van der Waals surface area contributed by atoms with Crippen LogP contribution in [0.15, 0.2) is 72.8 Å². The van der Waals surface area contributed by atoms with Crippen LogP contribution in [0.1, 0.15) is 23.6 Å². The third-order valence-electron chi connectivity index (χ3n) is 6.40. The number of anilines is 1. The maximum absolute atomic E-state index is 14.2. The molecule has 192 valence electrons. The zero-order valence-corrected chi connectivity index (χ0v) is 21.4. The minimum atomic E-state index is -2.46. The lowest BCUT2D eigenvalue weighted by Crippen LogP contribution is -2.56. The van der Waals surface area contributed by atoms with E-state index in [-0.39, 0.29) is 29.4 Å². The summed E-state index contributed by atoms with van der Waals surface area (Å²) >= 11 is 12.2. The second-order valence-electron chi connectivity index (χ2n) is 8.69. The predicted molar refractivity (Wildman–Crippen MR) is 137 cm³/mol. The lowest BCUT2D eigenvalue weighted by molar-refractivity contribution is -0.145. The second kappa shape index (κ2) is 9.59. The number of nitrogens with zero attached hydrogens (tertiary/aromatic N) is 3. The molecular weight excluding hydrogens is 533 g/mol. The smallest absolute Gasteiger partial charge is 0.420 e. The fourth-order valence-corrected chi connectivity index (χ4v) is 5.02. The van der Waals surface area contributed by atoms with Crippen LogP contribution in [-0.4, -0.2) is 39.6 Å². The minimum absolute atomic E-state index is 0.0526. The molecule has 3 aromatic rings. The van der Waals surface area contributed by atoms with Crippen LogP contribution in [0.3, 0.4) is 0 Å². The first-order valence-electron chi connectivity index (χ1n) is 11.4. The SMILES string of the molecule is CC(=O)N1C(=O)N(C(=O)OCc2ccccc2)C2(C1=O)C(=O)N(Cc1ccc(Cl)c(Cl)c1)c1ccccc12. The number of amides is 6. The van der Waals surface area contributed by atoms with Crippen LogP contribution in [0, 0.1) is 0 Å². The summed E-state index contributed by atoms with van der Waals surface area (Å²) in [5, 5.41) is 0.584. The van der Waals surface area contributed by atoms with Gasteiger partial charge >= 0.3 is 12.1 Å². The molecule has 1 saturated heterocycles. The summed E-state index contributed by atoms with van der Waals surface area (Å²) in [6.45, 7) is 0.723. The number of urea groups is 1. The Labute approximate surface area is 227 Å². The van der Waals surface area contributed by atoms with Gasteiger partial charge in [-0.3, -0.25) is 14.4 Å². The van der Waals surface area contributed by atoms with E-state index in [0.717, 1.165) is 6.92 Å². The van der Waals surface area contributed by atoms with Crippen LogP contribution in [-0.2, 0) is 37.8 Å². The third kappa shape index (κ3) is 3.82. The van der Waals surface area contributed by atoms with Crippen LogP contribution < -0.4 is 4.90 Å². The molecule has 0 radical (unpaired) electrons. The molecule has 3 aromatic carbocycles. The summed E-state index contributed by atoms with van der Waals surface area (Å²) in [7, 11) is 0. The third-order valence-corrected chi connectivity index (χ3v) is 7.14. The van der Waals surface area contributed by atoms with E-state index in [0.29, 0.717) is 25.9 Å².